The van der Waals surface area contributed by atoms with E-state index in [1.165, 1.54) is 6.66 Å². The van der Waals surface area contributed by atoms with E-state index in [1.54, 1.807) is 31.2 Å². The van der Waals surface area contributed by atoms with Crippen LogP contribution < -0.4 is 15.1 Å². The molecule has 6 heteroatoms. The van der Waals surface area contributed by atoms with E-state index in [-0.39, 0.29) is 11.7 Å². The molecule has 2 N–H and O–H groups in total. The molecule has 0 saturated heterocycles. The Labute approximate surface area is 114 Å². The number of carbonyl (C=O) groups is 1. The molecule has 0 unspecified atom stereocenters. The number of hydrogen-bond acceptors (Lipinski definition) is 4. The smallest absolute Gasteiger partial charge is 0.326 e. The van der Waals surface area contributed by atoms with Crippen molar-refractivity contribution in [2.24, 2.45) is 5.92 Å². The Morgan fingerprint density at radius 1 is 1.21 bits per heavy atom. The minimum Gasteiger partial charge on any atom is -0.432 e. The van der Waals surface area contributed by atoms with Gasteiger partial charge in [0.15, 0.2) is 5.78 Å². The lowest BCUT2D eigenvalue weighted by Gasteiger charge is -2.20. The van der Waals surface area contributed by atoms with Crippen LogP contribution in [-0.2, 0) is 9.36 Å². The standard InChI is InChI=1S/C13H21N2O3P/c1-10(2)13(16)11(3)14-15-19(4,17)18-12-8-6-5-7-9-12/h5-11,14H,1-4H3,(H,15,17)/t11-,19-/m0/s1. The van der Waals surface area contributed by atoms with Crippen LogP contribution in [0.3, 0.4) is 0 Å². The molecule has 1 aromatic carbocycles. The predicted octanol–water partition coefficient (Wildman–Crippen LogP) is 2.60. The normalized spacial score (nSPS) is 15.8. The largest absolute Gasteiger partial charge is 0.432 e. The zero-order valence-electron chi connectivity index (χ0n) is 11.7. The maximum atomic E-state index is 12.2. The third-order valence-corrected chi connectivity index (χ3v) is 3.60. The number of benzene rings is 1. The van der Waals surface area contributed by atoms with Crippen molar-refractivity contribution >= 4 is 13.3 Å². The van der Waals surface area contributed by atoms with Crippen LogP contribution in [0.15, 0.2) is 30.3 Å². The van der Waals surface area contributed by atoms with E-state index in [9.17, 15) is 9.36 Å². The van der Waals surface area contributed by atoms with Crippen LogP contribution in [0.4, 0.5) is 0 Å². The Hall–Kier alpha value is -1.16. The molecule has 106 valence electrons. The Morgan fingerprint density at radius 3 is 2.32 bits per heavy atom. The van der Waals surface area contributed by atoms with E-state index in [0.717, 1.165) is 0 Å². The van der Waals surface area contributed by atoms with E-state index in [0.29, 0.717) is 5.75 Å². The van der Waals surface area contributed by atoms with Gasteiger partial charge in [-0.3, -0.25) is 9.36 Å². The Kier molecular flexibility index (Phi) is 5.73. The number of hydrazine groups is 1. The molecule has 0 bridgehead atoms. The van der Waals surface area contributed by atoms with Crippen molar-refractivity contribution in [2.45, 2.75) is 26.8 Å². The second-order valence-electron chi connectivity index (χ2n) is 4.79. The lowest BCUT2D eigenvalue weighted by Crippen LogP contribution is -2.44. The van der Waals surface area contributed by atoms with Gasteiger partial charge >= 0.3 is 7.52 Å². The monoisotopic (exact) mass is 284 g/mol. The highest BCUT2D eigenvalue weighted by molar-refractivity contribution is 7.56. The van der Waals surface area contributed by atoms with E-state index < -0.39 is 13.6 Å². The average molecular weight is 284 g/mol. The van der Waals surface area contributed by atoms with Crippen molar-refractivity contribution in [1.29, 1.82) is 0 Å². The van der Waals surface area contributed by atoms with E-state index in [1.807, 2.05) is 19.9 Å². The average Bonchev–Trinajstić information content (AvgIpc) is 2.35. The molecule has 1 rings (SSSR count). The molecule has 0 aliphatic rings. The number of ketones is 1. The quantitative estimate of drug-likeness (QED) is 0.595. The van der Waals surface area contributed by atoms with Crippen molar-refractivity contribution in [3.05, 3.63) is 30.3 Å². The molecular weight excluding hydrogens is 263 g/mol. The van der Waals surface area contributed by atoms with E-state index in [4.69, 9.17) is 4.52 Å². The zero-order valence-corrected chi connectivity index (χ0v) is 12.6. The first kappa shape index (κ1) is 15.9. The maximum Gasteiger partial charge on any atom is 0.326 e. The summed E-state index contributed by atoms with van der Waals surface area (Å²) in [6.07, 6.45) is 0. The molecule has 0 spiro atoms. The van der Waals surface area contributed by atoms with Crippen molar-refractivity contribution in [1.82, 2.24) is 10.6 Å². The van der Waals surface area contributed by atoms with Crippen LogP contribution >= 0.6 is 7.52 Å². The molecule has 0 amide bonds. The lowest BCUT2D eigenvalue weighted by molar-refractivity contribution is -0.123. The number of Topliss-reactive ketones (excluding diaryl/α,β-unsaturated/α-hetero) is 1. The summed E-state index contributed by atoms with van der Waals surface area (Å²) >= 11 is 0. The van der Waals surface area contributed by atoms with Gasteiger partial charge in [0.1, 0.15) is 5.75 Å². The van der Waals surface area contributed by atoms with Gasteiger partial charge < -0.3 is 4.52 Å². The molecule has 0 aliphatic carbocycles. The van der Waals surface area contributed by atoms with Gasteiger partial charge in [-0.25, -0.2) is 5.43 Å². The van der Waals surface area contributed by atoms with Gasteiger partial charge in [0.05, 0.1) is 6.04 Å². The summed E-state index contributed by atoms with van der Waals surface area (Å²) in [6, 6.07) is 8.47. The zero-order chi connectivity index (χ0) is 14.5. The van der Waals surface area contributed by atoms with Crippen LogP contribution in [0.1, 0.15) is 20.8 Å². The molecule has 0 aliphatic heterocycles. The number of nitrogens with one attached hydrogen (secondary N) is 2. The first-order valence-electron chi connectivity index (χ1n) is 6.20. The van der Waals surface area contributed by atoms with Gasteiger partial charge in [-0.2, -0.15) is 5.20 Å². The molecule has 0 heterocycles. The van der Waals surface area contributed by atoms with Crippen LogP contribution in [0.5, 0.6) is 5.75 Å². The molecular formula is C13H21N2O3P. The number of carbonyl (C=O) groups excluding carboxylic acids is 1. The van der Waals surface area contributed by atoms with Crippen LogP contribution in [0, 0.1) is 5.92 Å². The number of hydrogen-bond donors (Lipinski definition) is 2. The highest BCUT2D eigenvalue weighted by Crippen LogP contribution is 2.37. The van der Waals surface area contributed by atoms with Crippen molar-refractivity contribution in [3.63, 3.8) is 0 Å². The molecule has 19 heavy (non-hydrogen) atoms. The van der Waals surface area contributed by atoms with Crippen molar-refractivity contribution < 1.29 is 13.9 Å². The summed E-state index contributed by atoms with van der Waals surface area (Å²) in [4.78, 5) is 11.7. The van der Waals surface area contributed by atoms with Crippen molar-refractivity contribution in [2.75, 3.05) is 6.66 Å². The second-order valence-corrected chi connectivity index (χ2v) is 6.88. The summed E-state index contributed by atoms with van der Waals surface area (Å²) in [7, 11) is -3.05. The Balaban J connectivity index is 2.52. The molecule has 0 saturated carbocycles. The molecule has 2 atom stereocenters. The van der Waals surface area contributed by atoms with E-state index >= 15 is 0 Å². The van der Waals surface area contributed by atoms with Gasteiger partial charge in [-0.05, 0) is 19.1 Å². The summed E-state index contributed by atoms with van der Waals surface area (Å²) < 4.78 is 17.5. The topological polar surface area (TPSA) is 67.4 Å². The van der Waals surface area contributed by atoms with Gasteiger partial charge in [0, 0.05) is 12.6 Å². The SMILES string of the molecule is CC(C)C(=O)[C@H](C)NN[P@@](C)(=O)Oc1ccccc1. The lowest BCUT2D eigenvalue weighted by atomic mass is 10.0. The first-order chi connectivity index (χ1) is 8.82. The minimum absolute atomic E-state index is 0.0483. The number of para-hydroxylation sites is 1. The first-order valence-corrected chi connectivity index (χ1v) is 8.27. The summed E-state index contributed by atoms with van der Waals surface area (Å²) in [5, 5.41) is 2.61. The minimum atomic E-state index is -3.05. The van der Waals surface area contributed by atoms with Crippen LogP contribution in [0.25, 0.3) is 0 Å². The van der Waals surface area contributed by atoms with Crippen molar-refractivity contribution in [3.8, 4) is 5.75 Å². The third-order valence-electron chi connectivity index (χ3n) is 2.50. The summed E-state index contributed by atoms with van der Waals surface area (Å²) in [6.45, 7) is 6.83. The highest BCUT2D eigenvalue weighted by Gasteiger charge is 2.21. The molecule has 0 aromatic heterocycles. The number of rotatable bonds is 7. The molecule has 0 fully saturated rings. The van der Waals surface area contributed by atoms with Crippen LogP contribution in [0.2, 0.25) is 0 Å². The van der Waals surface area contributed by atoms with Gasteiger partial charge in [0.2, 0.25) is 0 Å². The Morgan fingerprint density at radius 2 is 1.79 bits per heavy atom. The Bertz CT molecular complexity index is 462. The second kappa shape index (κ2) is 6.85. The fraction of sp³-hybridized carbons (Fsp3) is 0.462. The third kappa shape index (κ3) is 5.55. The maximum absolute atomic E-state index is 12.2. The summed E-state index contributed by atoms with van der Waals surface area (Å²) in [5.74, 6) is 0.494. The van der Waals surface area contributed by atoms with Gasteiger partial charge in [-0.15, -0.1) is 0 Å². The molecule has 0 radical (unpaired) electrons. The van der Waals surface area contributed by atoms with E-state index in [2.05, 4.69) is 10.6 Å². The molecule has 5 nitrogen and oxygen atoms in total. The predicted molar refractivity (Wildman–Crippen MR) is 76.2 cm³/mol. The van der Waals surface area contributed by atoms with Gasteiger partial charge in [-0.1, -0.05) is 32.0 Å². The highest BCUT2D eigenvalue weighted by atomic mass is 31.2. The fourth-order valence-corrected chi connectivity index (χ4v) is 2.49. The van der Waals surface area contributed by atoms with Crippen LogP contribution in [-0.4, -0.2) is 18.5 Å². The molecule has 1 aromatic rings. The van der Waals surface area contributed by atoms with Gasteiger partial charge in [0.25, 0.3) is 0 Å². The fourth-order valence-electron chi connectivity index (χ4n) is 1.49. The summed E-state index contributed by atoms with van der Waals surface area (Å²) in [5.41, 5.74) is 2.74.